The third-order valence-corrected chi connectivity index (χ3v) is 4.16. The highest BCUT2D eigenvalue weighted by Gasteiger charge is 2.28. The summed E-state index contributed by atoms with van der Waals surface area (Å²) in [4.78, 5) is 25.6. The second kappa shape index (κ2) is 10.5. The van der Waals surface area contributed by atoms with Crippen LogP contribution in [-0.2, 0) is 0 Å². The number of aromatic hydroxyl groups is 1. The molecule has 138 valence electrons. The molecule has 0 fully saturated rings. The molecule has 1 aliphatic rings. The van der Waals surface area contributed by atoms with Gasteiger partial charge in [0.15, 0.2) is 5.78 Å². The molecule has 0 aromatic heterocycles. The first-order valence-electron chi connectivity index (χ1n) is 8.64. The Bertz CT molecular complexity index is 795. The molecule has 0 unspecified atom stereocenters. The van der Waals surface area contributed by atoms with Crippen molar-refractivity contribution in [3.8, 4) is 5.75 Å². The van der Waals surface area contributed by atoms with Crippen LogP contribution in [0.1, 0.15) is 54.8 Å². The van der Waals surface area contributed by atoms with Crippen molar-refractivity contribution in [1.82, 2.24) is 0 Å². The number of fused-ring (bicyclic) bond motifs is 1. The Morgan fingerprint density at radius 2 is 1.58 bits per heavy atom. The van der Waals surface area contributed by atoms with E-state index in [9.17, 15) is 14.7 Å². The highest BCUT2D eigenvalue weighted by atomic mass is 32.2. The number of benzene rings is 2. The molecule has 0 amide bonds. The fraction of sp³-hybridized carbons (Fsp3) is 0.238. The number of nitrogen functional groups attached to an aromatic ring is 1. The van der Waals surface area contributed by atoms with Gasteiger partial charge in [-0.1, -0.05) is 58.0 Å². The Morgan fingerprint density at radius 1 is 1.00 bits per heavy atom. The zero-order chi connectivity index (χ0) is 19.7. The van der Waals surface area contributed by atoms with E-state index in [0.717, 1.165) is 4.90 Å². The van der Waals surface area contributed by atoms with E-state index in [1.165, 1.54) is 36.4 Å². The molecule has 3 N–H and O–H groups in total. The van der Waals surface area contributed by atoms with Crippen molar-refractivity contribution < 1.29 is 14.7 Å². The van der Waals surface area contributed by atoms with Crippen LogP contribution >= 0.6 is 11.8 Å². The molecule has 0 aliphatic heterocycles. The molecule has 1 aliphatic carbocycles. The van der Waals surface area contributed by atoms with Gasteiger partial charge in [0, 0.05) is 22.2 Å². The molecule has 0 saturated heterocycles. The molecular formula is C21H25NO3S. The number of phenolic OH excluding ortho intramolecular Hbond substituents is 1. The number of anilines is 1. The third kappa shape index (κ3) is 5.23. The summed E-state index contributed by atoms with van der Waals surface area (Å²) >= 11 is 1.18. The largest absolute Gasteiger partial charge is 0.507 e. The van der Waals surface area contributed by atoms with Gasteiger partial charge in [0.1, 0.15) is 5.75 Å². The average molecular weight is 372 g/mol. The van der Waals surface area contributed by atoms with Crippen LogP contribution < -0.4 is 5.73 Å². The van der Waals surface area contributed by atoms with Gasteiger partial charge in [0.2, 0.25) is 5.78 Å². The van der Waals surface area contributed by atoms with Crippen molar-refractivity contribution in [2.24, 2.45) is 0 Å². The fourth-order valence-corrected chi connectivity index (χ4v) is 3.00. The van der Waals surface area contributed by atoms with Gasteiger partial charge in [-0.2, -0.15) is 0 Å². The zero-order valence-electron chi connectivity index (χ0n) is 15.6. The van der Waals surface area contributed by atoms with Gasteiger partial charge in [-0.3, -0.25) is 9.59 Å². The van der Waals surface area contributed by atoms with Crippen LogP contribution in [-0.4, -0.2) is 16.7 Å². The van der Waals surface area contributed by atoms with Crippen LogP contribution in [0.4, 0.5) is 5.69 Å². The normalized spacial score (nSPS) is 12.1. The van der Waals surface area contributed by atoms with E-state index in [1.54, 1.807) is 30.3 Å². The van der Waals surface area contributed by atoms with Crippen LogP contribution in [0, 0.1) is 0 Å². The maximum absolute atomic E-state index is 12.4. The lowest BCUT2D eigenvalue weighted by Crippen LogP contribution is -2.15. The lowest BCUT2D eigenvalue weighted by molar-refractivity contribution is 0.0989. The van der Waals surface area contributed by atoms with Crippen LogP contribution in [0.2, 0.25) is 0 Å². The minimum Gasteiger partial charge on any atom is -0.507 e. The summed E-state index contributed by atoms with van der Waals surface area (Å²) in [7, 11) is 0. The summed E-state index contributed by atoms with van der Waals surface area (Å²) in [6.07, 6.45) is 2.56. The standard InChI is InChI=1S/C16H11NO3S.C3H8.C2H6/c17-9-4-6-10(7-5-9)21-14-8-13(19)11-2-1-3-12(18)15(11)16(14)20;1-3-2;1-2/h1-8,18H,17H2;3H2,1-2H3;1-2H3. The predicted molar refractivity (Wildman–Crippen MR) is 109 cm³/mol. The van der Waals surface area contributed by atoms with Gasteiger partial charge in [-0.25, -0.2) is 0 Å². The van der Waals surface area contributed by atoms with Crippen LogP contribution in [0.5, 0.6) is 5.75 Å². The molecule has 0 bridgehead atoms. The number of Topliss-reactive ketones (excluding diaryl/α,β-unsaturated/α-hetero) is 1. The van der Waals surface area contributed by atoms with E-state index < -0.39 is 0 Å². The Balaban J connectivity index is 0.000000615. The summed E-state index contributed by atoms with van der Waals surface area (Å²) in [6.45, 7) is 8.25. The van der Waals surface area contributed by atoms with Crippen LogP contribution in [0.15, 0.2) is 58.3 Å². The number of ketones is 2. The number of phenols is 1. The first-order valence-corrected chi connectivity index (χ1v) is 9.45. The molecule has 0 heterocycles. The van der Waals surface area contributed by atoms with E-state index >= 15 is 0 Å². The van der Waals surface area contributed by atoms with Gasteiger partial charge in [-0.05, 0) is 30.3 Å². The molecule has 3 rings (SSSR count). The highest BCUT2D eigenvalue weighted by molar-refractivity contribution is 8.04. The van der Waals surface area contributed by atoms with E-state index in [2.05, 4.69) is 13.8 Å². The molecule has 0 radical (unpaired) electrons. The zero-order valence-corrected chi connectivity index (χ0v) is 16.4. The topological polar surface area (TPSA) is 80.4 Å². The minimum atomic E-state index is -0.343. The number of thioether (sulfide) groups is 1. The van der Waals surface area contributed by atoms with E-state index in [1.807, 2.05) is 13.8 Å². The number of allylic oxidation sites excluding steroid dienone is 2. The van der Waals surface area contributed by atoms with E-state index in [4.69, 9.17) is 5.73 Å². The van der Waals surface area contributed by atoms with Crippen molar-refractivity contribution >= 4 is 29.0 Å². The number of carbonyl (C=O) groups is 2. The Kier molecular flexibility index (Phi) is 8.65. The van der Waals surface area contributed by atoms with Gasteiger partial charge in [-0.15, -0.1) is 0 Å². The average Bonchev–Trinajstić information content (AvgIpc) is 2.63. The molecule has 2 aromatic rings. The second-order valence-electron chi connectivity index (χ2n) is 5.28. The monoisotopic (exact) mass is 371 g/mol. The first-order chi connectivity index (χ1) is 12.5. The Morgan fingerprint density at radius 3 is 2.15 bits per heavy atom. The van der Waals surface area contributed by atoms with Crippen molar-refractivity contribution in [1.29, 1.82) is 0 Å². The number of carbonyl (C=O) groups excluding carboxylic acids is 2. The summed E-state index contributed by atoms with van der Waals surface area (Å²) in [5, 5.41) is 9.84. The lowest BCUT2D eigenvalue weighted by Gasteiger charge is -2.15. The minimum absolute atomic E-state index is 0.0722. The van der Waals surface area contributed by atoms with Crippen LogP contribution in [0.25, 0.3) is 0 Å². The van der Waals surface area contributed by atoms with Gasteiger partial charge < -0.3 is 10.8 Å². The molecule has 0 atom stereocenters. The molecule has 0 saturated carbocycles. The summed E-state index contributed by atoms with van der Waals surface area (Å²) in [5.41, 5.74) is 6.55. The Hall–Kier alpha value is -2.53. The summed E-state index contributed by atoms with van der Waals surface area (Å²) < 4.78 is 0. The number of hydrogen-bond acceptors (Lipinski definition) is 5. The smallest absolute Gasteiger partial charge is 0.204 e. The SMILES string of the molecule is CC.CCC.Nc1ccc(SC2=CC(=O)c3cccc(O)c3C2=O)cc1. The van der Waals surface area contributed by atoms with Gasteiger partial charge in [0.05, 0.1) is 10.5 Å². The molecule has 2 aromatic carbocycles. The van der Waals surface area contributed by atoms with Crippen molar-refractivity contribution in [2.45, 2.75) is 39.0 Å². The first kappa shape index (κ1) is 21.5. The van der Waals surface area contributed by atoms with Crippen LogP contribution in [0.3, 0.4) is 0 Å². The number of nitrogens with two attached hydrogens (primary N) is 1. The Labute approximate surface area is 159 Å². The van der Waals surface area contributed by atoms with E-state index in [0.29, 0.717) is 10.6 Å². The fourth-order valence-electron chi connectivity index (χ4n) is 2.11. The predicted octanol–water partition coefficient (Wildman–Crippen LogP) is 5.47. The summed E-state index contributed by atoms with van der Waals surface area (Å²) in [6, 6.07) is 11.5. The second-order valence-corrected chi connectivity index (χ2v) is 6.40. The molecule has 5 heteroatoms. The number of hydrogen-bond donors (Lipinski definition) is 2. The number of rotatable bonds is 2. The maximum atomic E-state index is 12.4. The van der Waals surface area contributed by atoms with Crippen molar-refractivity contribution in [3.63, 3.8) is 0 Å². The van der Waals surface area contributed by atoms with Gasteiger partial charge in [0.25, 0.3) is 0 Å². The summed E-state index contributed by atoms with van der Waals surface area (Å²) in [5.74, 6) is -0.794. The quantitative estimate of drug-likeness (QED) is 0.684. The maximum Gasteiger partial charge on any atom is 0.204 e. The van der Waals surface area contributed by atoms with Gasteiger partial charge >= 0.3 is 0 Å². The highest BCUT2D eigenvalue weighted by Crippen LogP contribution is 2.36. The lowest BCUT2D eigenvalue weighted by atomic mass is 9.94. The van der Waals surface area contributed by atoms with E-state index in [-0.39, 0.29) is 28.4 Å². The molecule has 4 nitrogen and oxygen atoms in total. The van der Waals surface area contributed by atoms with Crippen molar-refractivity contribution in [2.75, 3.05) is 5.73 Å². The third-order valence-electron chi connectivity index (χ3n) is 3.13. The molecular weight excluding hydrogens is 346 g/mol. The molecule has 26 heavy (non-hydrogen) atoms. The van der Waals surface area contributed by atoms with Crippen molar-refractivity contribution in [3.05, 3.63) is 64.6 Å². The molecule has 0 spiro atoms.